The standard InChI is InChI=1S/C25H23N5O2/c31-23-14-18-29(20-12-16-28(17-13-20)25(32)19-7-3-1-4-8-19)27-24(23)22-11-15-26-30(22)21-9-5-2-6-10-21/h1-11,14-15,18,20H,12-13,16-17H2. The number of para-hydroxylation sites is 1. The number of hydrogen-bond donors (Lipinski definition) is 0. The highest BCUT2D eigenvalue weighted by Crippen LogP contribution is 2.24. The number of carbonyl (C=O) groups excluding carboxylic acids is 1. The summed E-state index contributed by atoms with van der Waals surface area (Å²) < 4.78 is 3.60. The highest BCUT2D eigenvalue weighted by molar-refractivity contribution is 5.94. The lowest BCUT2D eigenvalue weighted by molar-refractivity contribution is 0.0689. The van der Waals surface area contributed by atoms with Crippen LogP contribution in [0.5, 0.6) is 0 Å². The zero-order valence-electron chi connectivity index (χ0n) is 17.5. The van der Waals surface area contributed by atoms with Gasteiger partial charge < -0.3 is 4.90 Å². The van der Waals surface area contributed by atoms with E-state index in [-0.39, 0.29) is 17.4 Å². The number of likely N-dealkylation sites (tertiary alicyclic amines) is 1. The summed E-state index contributed by atoms with van der Waals surface area (Å²) in [5, 5.41) is 9.08. The van der Waals surface area contributed by atoms with Gasteiger partial charge in [0.25, 0.3) is 5.91 Å². The molecule has 0 aliphatic carbocycles. The molecule has 0 unspecified atom stereocenters. The van der Waals surface area contributed by atoms with E-state index in [1.54, 1.807) is 23.1 Å². The van der Waals surface area contributed by atoms with E-state index in [2.05, 4.69) is 5.10 Å². The van der Waals surface area contributed by atoms with Crippen LogP contribution in [0.1, 0.15) is 29.2 Å². The predicted molar refractivity (Wildman–Crippen MR) is 122 cm³/mol. The fraction of sp³-hybridized carbons (Fsp3) is 0.200. The van der Waals surface area contributed by atoms with Crippen LogP contribution in [0.15, 0.2) is 90.0 Å². The molecule has 1 amide bonds. The molecule has 5 rings (SSSR count). The first-order valence-corrected chi connectivity index (χ1v) is 10.7. The van der Waals surface area contributed by atoms with Gasteiger partial charge in [0.2, 0.25) is 5.43 Å². The maximum atomic E-state index is 12.7. The first kappa shape index (κ1) is 19.9. The second-order valence-electron chi connectivity index (χ2n) is 7.86. The van der Waals surface area contributed by atoms with Crippen LogP contribution in [0.2, 0.25) is 0 Å². The number of benzene rings is 2. The van der Waals surface area contributed by atoms with Crippen molar-refractivity contribution in [3.8, 4) is 17.1 Å². The summed E-state index contributed by atoms with van der Waals surface area (Å²) in [6, 6.07) is 22.6. The molecule has 160 valence electrons. The van der Waals surface area contributed by atoms with Gasteiger partial charge in [-0.15, -0.1) is 0 Å². The van der Waals surface area contributed by atoms with E-state index < -0.39 is 0 Å². The van der Waals surface area contributed by atoms with Crippen LogP contribution in [0.3, 0.4) is 0 Å². The van der Waals surface area contributed by atoms with Crippen LogP contribution in [-0.4, -0.2) is 43.5 Å². The van der Waals surface area contributed by atoms with Gasteiger partial charge in [0.1, 0.15) is 0 Å². The summed E-state index contributed by atoms with van der Waals surface area (Å²) in [5.41, 5.74) is 2.47. The minimum Gasteiger partial charge on any atom is -0.338 e. The predicted octanol–water partition coefficient (Wildman–Crippen LogP) is 3.57. The zero-order valence-corrected chi connectivity index (χ0v) is 17.5. The van der Waals surface area contributed by atoms with Crippen molar-refractivity contribution in [3.63, 3.8) is 0 Å². The number of nitrogens with zero attached hydrogens (tertiary/aromatic N) is 5. The Kier molecular flexibility index (Phi) is 5.37. The minimum absolute atomic E-state index is 0.0596. The molecule has 1 fully saturated rings. The number of hydrogen-bond acceptors (Lipinski definition) is 4. The van der Waals surface area contributed by atoms with E-state index in [1.165, 1.54) is 0 Å². The SMILES string of the molecule is O=C(c1ccccc1)N1CCC(n2ccc(=O)c(-c3ccnn3-c3ccccc3)n2)CC1. The van der Waals surface area contributed by atoms with Gasteiger partial charge in [0.05, 0.1) is 23.6 Å². The Hall–Kier alpha value is -4.00. The molecule has 7 heteroatoms. The molecular formula is C25H23N5O2. The molecule has 0 radical (unpaired) electrons. The Bertz CT molecular complexity index is 1270. The van der Waals surface area contributed by atoms with Crippen molar-refractivity contribution in [3.05, 3.63) is 101 Å². The molecule has 2 aromatic heterocycles. The monoisotopic (exact) mass is 425 g/mol. The van der Waals surface area contributed by atoms with Crippen molar-refractivity contribution >= 4 is 5.91 Å². The fourth-order valence-electron chi connectivity index (χ4n) is 4.16. The number of carbonyl (C=O) groups is 1. The summed E-state index contributed by atoms with van der Waals surface area (Å²) in [5.74, 6) is 0.0596. The van der Waals surface area contributed by atoms with Gasteiger partial charge >= 0.3 is 0 Å². The number of aromatic nitrogens is 4. The molecule has 0 atom stereocenters. The van der Waals surface area contributed by atoms with Crippen LogP contribution >= 0.6 is 0 Å². The Morgan fingerprint density at radius 1 is 0.875 bits per heavy atom. The van der Waals surface area contributed by atoms with Crippen molar-refractivity contribution in [2.24, 2.45) is 0 Å². The summed E-state index contributed by atoms with van der Waals surface area (Å²) in [6.45, 7) is 1.31. The normalized spacial score (nSPS) is 14.4. The quantitative estimate of drug-likeness (QED) is 0.501. The molecule has 0 spiro atoms. The molecule has 4 aromatic rings. The van der Waals surface area contributed by atoms with Gasteiger partial charge in [0, 0.05) is 30.9 Å². The van der Waals surface area contributed by atoms with Crippen LogP contribution in [0.25, 0.3) is 17.1 Å². The van der Waals surface area contributed by atoms with Gasteiger partial charge in [-0.25, -0.2) is 4.68 Å². The summed E-state index contributed by atoms with van der Waals surface area (Å²) in [7, 11) is 0. The number of piperidine rings is 1. The van der Waals surface area contributed by atoms with Crippen molar-refractivity contribution in [1.82, 2.24) is 24.5 Å². The van der Waals surface area contributed by atoms with Gasteiger partial charge in [-0.05, 0) is 43.2 Å². The lowest BCUT2D eigenvalue weighted by Crippen LogP contribution is -2.39. The van der Waals surface area contributed by atoms with Crippen LogP contribution in [0, 0.1) is 0 Å². The zero-order chi connectivity index (χ0) is 21.9. The van der Waals surface area contributed by atoms with Crippen LogP contribution in [-0.2, 0) is 0 Å². The molecule has 1 saturated heterocycles. The van der Waals surface area contributed by atoms with Gasteiger partial charge in [0.15, 0.2) is 5.69 Å². The van der Waals surface area contributed by atoms with Crippen LogP contribution in [0.4, 0.5) is 0 Å². The van der Waals surface area contributed by atoms with Crippen LogP contribution < -0.4 is 5.43 Å². The van der Waals surface area contributed by atoms with Gasteiger partial charge in [-0.3, -0.25) is 14.3 Å². The topological polar surface area (TPSA) is 73.0 Å². The summed E-state index contributed by atoms with van der Waals surface area (Å²) >= 11 is 0. The second-order valence-corrected chi connectivity index (χ2v) is 7.86. The Balaban J connectivity index is 1.37. The van der Waals surface area contributed by atoms with E-state index in [0.717, 1.165) is 18.5 Å². The summed E-state index contributed by atoms with van der Waals surface area (Å²) in [6.07, 6.45) is 4.99. The molecule has 32 heavy (non-hydrogen) atoms. The minimum atomic E-state index is -0.143. The van der Waals surface area contributed by atoms with Crippen molar-refractivity contribution in [2.75, 3.05) is 13.1 Å². The van der Waals surface area contributed by atoms with Crippen molar-refractivity contribution in [1.29, 1.82) is 0 Å². The van der Waals surface area contributed by atoms with E-state index >= 15 is 0 Å². The van der Waals surface area contributed by atoms with Crippen molar-refractivity contribution in [2.45, 2.75) is 18.9 Å². The molecule has 0 bridgehead atoms. The molecular weight excluding hydrogens is 402 g/mol. The van der Waals surface area contributed by atoms with E-state index in [0.29, 0.717) is 30.0 Å². The number of rotatable bonds is 4. The fourth-order valence-corrected chi connectivity index (χ4v) is 4.16. The average molecular weight is 425 g/mol. The molecule has 7 nitrogen and oxygen atoms in total. The lowest BCUT2D eigenvalue weighted by Gasteiger charge is -2.32. The lowest BCUT2D eigenvalue weighted by atomic mass is 10.0. The van der Waals surface area contributed by atoms with Gasteiger partial charge in [-0.1, -0.05) is 36.4 Å². The maximum Gasteiger partial charge on any atom is 0.253 e. The van der Waals surface area contributed by atoms with E-state index in [1.807, 2.05) is 76.3 Å². The molecule has 0 saturated carbocycles. The first-order chi connectivity index (χ1) is 15.7. The molecule has 2 aromatic carbocycles. The average Bonchev–Trinajstić information content (AvgIpc) is 3.35. The molecule has 3 heterocycles. The number of amides is 1. The second kappa shape index (κ2) is 8.63. The molecule has 1 aliphatic heterocycles. The smallest absolute Gasteiger partial charge is 0.253 e. The third-order valence-electron chi connectivity index (χ3n) is 5.86. The van der Waals surface area contributed by atoms with Crippen molar-refractivity contribution < 1.29 is 4.79 Å². The third-order valence-corrected chi connectivity index (χ3v) is 5.86. The molecule has 0 N–H and O–H groups in total. The highest BCUT2D eigenvalue weighted by atomic mass is 16.2. The highest BCUT2D eigenvalue weighted by Gasteiger charge is 2.25. The Morgan fingerprint density at radius 2 is 1.56 bits per heavy atom. The van der Waals surface area contributed by atoms with E-state index in [4.69, 9.17) is 5.10 Å². The Morgan fingerprint density at radius 3 is 2.28 bits per heavy atom. The third kappa shape index (κ3) is 3.85. The maximum absolute atomic E-state index is 12.7. The molecule has 1 aliphatic rings. The van der Waals surface area contributed by atoms with E-state index in [9.17, 15) is 9.59 Å². The largest absolute Gasteiger partial charge is 0.338 e. The van der Waals surface area contributed by atoms with Gasteiger partial charge in [-0.2, -0.15) is 10.2 Å². The first-order valence-electron chi connectivity index (χ1n) is 10.7. The summed E-state index contributed by atoms with van der Waals surface area (Å²) in [4.78, 5) is 27.3. The Labute approximate surface area is 185 Å².